The van der Waals surface area contributed by atoms with Crippen molar-refractivity contribution >= 4 is 16.2 Å². The number of nitrogens with one attached hydrogen (secondary N) is 1. The Morgan fingerprint density at radius 3 is 2.56 bits per heavy atom. The number of hydrogen-bond acceptors (Lipinski definition) is 4. The minimum absolute atomic E-state index is 0.305. The second-order valence-electron chi connectivity index (χ2n) is 5.31. The lowest BCUT2D eigenvalue weighted by atomic mass is 10.2. The molecule has 1 aliphatic heterocycles. The van der Waals surface area contributed by atoms with Crippen molar-refractivity contribution in [1.29, 1.82) is 0 Å². The molecule has 7 heteroatoms. The van der Waals surface area contributed by atoms with Crippen LogP contribution in [-0.4, -0.2) is 43.4 Å². The van der Waals surface area contributed by atoms with Crippen LogP contribution in [0.4, 0.5) is 0 Å². The summed E-state index contributed by atoms with van der Waals surface area (Å²) in [5.74, 6) is -0.471. The fraction of sp³-hybridized carbons (Fsp3) is 0.909. The van der Waals surface area contributed by atoms with Gasteiger partial charge in [0.25, 0.3) is 10.2 Å². The van der Waals surface area contributed by atoms with Crippen LogP contribution in [0.2, 0.25) is 0 Å². The van der Waals surface area contributed by atoms with Gasteiger partial charge in [0.2, 0.25) is 0 Å². The highest BCUT2D eigenvalue weighted by molar-refractivity contribution is 7.87. The van der Waals surface area contributed by atoms with Crippen molar-refractivity contribution in [3.63, 3.8) is 0 Å². The summed E-state index contributed by atoms with van der Waals surface area (Å²) in [5.41, 5.74) is -0.604. The van der Waals surface area contributed by atoms with Crippen LogP contribution in [0.25, 0.3) is 0 Å². The molecule has 1 N–H and O–H groups in total. The molecule has 1 heterocycles. The normalized spacial score (nSPS) is 22.1. The van der Waals surface area contributed by atoms with E-state index in [0.29, 0.717) is 25.9 Å². The van der Waals surface area contributed by atoms with Crippen molar-refractivity contribution in [1.82, 2.24) is 9.03 Å². The maximum atomic E-state index is 12.0. The minimum atomic E-state index is -3.58. The Kier molecular flexibility index (Phi) is 4.74. The number of ether oxygens (including phenoxy) is 1. The fourth-order valence-corrected chi connectivity index (χ4v) is 3.33. The lowest BCUT2D eigenvalue weighted by molar-refractivity contribution is -0.158. The molecule has 0 amide bonds. The van der Waals surface area contributed by atoms with Crippen molar-refractivity contribution in [2.45, 2.75) is 52.2 Å². The van der Waals surface area contributed by atoms with Crippen LogP contribution in [0.3, 0.4) is 0 Å². The van der Waals surface area contributed by atoms with E-state index >= 15 is 0 Å². The zero-order valence-corrected chi connectivity index (χ0v) is 12.2. The third-order valence-corrected chi connectivity index (χ3v) is 4.23. The number of nitrogens with zero attached hydrogens (tertiary/aromatic N) is 1. The van der Waals surface area contributed by atoms with E-state index in [1.165, 1.54) is 4.31 Å². The Morgan fingerprint density at radius 2 is 2.06 bits per heavy atom. The first kappa shape index (κ1) is 15.4. The van der Waals surface area contributed by atoms with E-state index in [1.54, 1.807) is 27.7 Å². The van der Waals surface area contributed by atoms with Crippen molar-refractivity contribution in [2.24, 2.45) is 0 Å². The highest BCUT2D eigenvalue weighted by atomic mass is 32.2. The Balaban J connectivity index is 2.80. The van der Waals surface area contributed by atoms with Gasteiger partial charge in [-0.15, -0.1) is 0 Å². The summed E-state index contributed by atoms with van der Waals surface area (Å²) in [7, 11) is -3.58. The Bertz CT molecular complexity index is 400. The van der Waals surface area contributed by atoms with Gasteiger partial charge in [-0.1, -0.05) is 6.92 Å². The Morgan fingerprint density at radius 1 is 1.44 bits per heavy atom. The summed E-state index contributed by atoms with van der Waals surface area (Å²) in [6.45, 7) is 7.67. The molecule has 0 bridgehead atoms. The molecule has 0 saturated carbocycles. The van der Waals surface area contributed by atoms with E-state index in [1.807, 2.05) is 0 Å². The minimum Gasteiger partial charge on any atom is -0.459 e. The molecule has 0 aromatic heterocycles. The van der Waals surface area contributed by atoms with Crippen LogP contribution < -0.4 is 4.72 Å². The molecule has 0 aliphatic carbocycles. The number of esters is 1. The molecule has 6 nitrogen and oxygen atoms in total. The summed E-state index contributed by atoms with van der Waals surface area (Å²) in [5, 5.41) is 0. The second-order valence-corrected chi connectivity index (χ2v) is 7.01. The van der Waals surface area contributed by atoms with Gasteiger partial charge in [0, 0.05) is 13.1 Å². The fourth-order valence-electron chi connectivity index (χ4n) is 1.90. The maximum absolute atomic E-state index is 12.0. The lowest BCUT2D eigenvalue weighted by Gasteiger charge is -2.26. The highest BCUT2D eigenvalue weighted by Gasteiger charge is 2.40. The number of carbonyl (C=O) groups excluding carboxylic acids is 1. The molecule has 1 rings (SSSR count). The molecule has 106 valence electrons. The Hall–Kier alpha value is -0.660. The summed E-state index contributed by atoms with van der Waals surface area (Å²) in [4.78, 5) is 12.0. The van der Waals surface area contributed by atoms with Gasteiger partial charge in [-0.05, 0) is 33.6 Å². The van der Waals surface area contributed by atoms with Crippen molar-refractivity contribution < 1.29 is 17.9 Å². The third kappa shape index (κ3) is 3.93. The van der Waals surface area contributed by atoms with Crippen molar-refractivity contribution in [2.75, 3.05) is 13.1 Å². The highest BCUT2D eigenvalue weighted by Crippen LogP contribution is 2.23. The van der Waals surface area contributed by atoms with Crippen molar-refractivity contribution in [3.05, 3.63) is 0 Å². The van der Waals surface area contributed by atoms with E-state index in [0.717, 1.165) is 0 Å². The van der Waals surface area contributed by atoms with E-state index < -0.39 is 27.8 Å². The zero-order chi connectivity index (χ0) is 14.0. The van der Waals surface area contributed by atoms with Crippen LogP contribution >= 0.6 is 0 Å². The van der Waals surface area contributed by atoms with Gasteiger partial charge in [0.15, 0.2) is 0 Å². The molecule has 0 spiro atoms. The predicted octanol–water partition coefficient (Wildman–Crippen LogP) is 0.647. The molecular formula is C11H22N2O4S. The van der Waals surface area contributed by atoms with Gasteiger partial charge in [0.1, 0.15) is 11.6 Å². The average molecular weight is 278 g/mol. The predicted molar refractivity (Wildman–Crippen MR) is 68.2 cm³/mol. The molecule has 0 aromatic rings. The molecule has 1 atom stereocenters. The standard InChI is InChI=1S/C11H22N2O4S/c1-5-12-18(15,16)13-8-6-7-9(13)10(14)17-11(2,3)4/h9,12H,5-8H2,1-4H3/t9-/m0/s1. The van der Waals surface area contributed by atoms with Crippen LogP contribution in [-0.2, 0) is 19.7 Å². The molecule has 0 radical (unpaired) electrons. The van der Waals surface area contributed by atoms with E-state index in [-0.39, 0.29) is 0 Å². The number of carbonyl (C=O) groups is 1. The molecular weight excluding hydrogens is 256 g/mol. The quantitative estimate of drug-likeness (QED) is 0.766. The van der Waals surface area contributed by atoms with Crippen molar-refractivity contribution in [3.8, 4) is 0 Å². The Labute approximate surface area is 109 Å². The molecule has 1 aliphatic rings. The average Bonchev–Trinajstić information content (AvgIpc) is 2.63. The monoisotopic (exact) mass is 278 g/mol. The van der Waals surface area contributed by atoms with E-state index in [4.69, 9.17) is 4.74 Å². The van der Waals surface area contributed by atoms with Gasteiger partial charge in [0.05, 0.1) is 0 Å². The van der Waals surface area contributed by atoms with Gasteiger partial charge in [-0.2, -0.15) is 12.7 Å². The topological polar surface area (TPSA) is 75.7 Å². The molecule has 0 unspecified atom stereocenters. The second kappa shape index (κ2) is 5.54. The summed E-state index contributed by atoms with van der Waals surface area (Å²) in [6.07, 6.45) is 1.19. The van der Waals surface area contributed by atoms with Gasteiger partial charge in [-0.25, -0.2) is 4.72 Å². The summed E-state index contributed by atoms with van der Waals surface area (Å²) < 4.78 is 32.7. The first-order valence-electron chi connectivity index (χ1n) is 6.16. The molecule has 1 fully saturated rings. The number of rotatable bonds is 4. The van der Waals surface area contributed by atoms with E-state index in [2.05, 4.69) is 4.72 Å². The van der Waals surface area contributed by atoms with E-state index in [9.17, 15) is 13.2 Å². The molecule has 18 heavy (non-hydrogen) atoms. The zero-order valence-electron chi connectivity index (χ0n) is 11.4. The summed E-state index contributed by atoms with van der Waals surface area (Å²) in [6, 6.07) is -0.701. The van der Waals surface area contributed by atoms with Crippen LogP contribution in [0.15, 0.2) is 0 Å². The first-order valence-corrected chi connectivity index (χ1v) is 7.60. The lowest BCUT2D eigenvalue weighted by Crippen LogP contribution is -2.48. The van der Waals surface area contributed by atoms with Crippen LogP contribution in [0.5, 0.6) is 0 Å². The van der Waals surface area contributed by atoms with Gasteiger partial charge < -0.3 is 4.74 Å². The smallest absolute Gasteiger partial charge is 0.325 e. The SMILES string of the molecule is CCNS(=O)(=O)N1CCC[C@H]1C(=O)OC(C)(C)C. The summed E-state index contributed by atoms with van der Waals surface area (Å²) >= 11 is 0. The molecule has 0 aromatic carbocycles. The van der Waals surface area contributed by atoms with Gasteiger partial charge >= 0.3 is 5.97 Å². The van der Waals surface area contributed by atoms with Gasteiger partial charge in [-0.3, -0.25) is 4.79 Å². The largest absolute Gasteiger partial charge is 0.459 e. The third-order valence-electron chi connectivity index (χ3n) is 2.52. The first-order chi connectivity index (χ1) is 8.17. The van der Waals surface area contributed by atoms with Crippen LogP contribution in [0, 0.1) is 0 Å². The molecule has 1 saturated heterocycles. The van der Waals surface area contributed by atoms with Crippen LogP contribution in [0.1, 0.15) is 40.5 Å². The maximum Gasteiger partial charge on any atom is 0.325 e. The number of hydrogen-bond donors (Lipinski definition) is 1.